The molecule has 0 atom stereocenters. The second-order valence-electron chi connectivity index (χ2n) is 4.08. The second kappa shape index (κ2) is 5.09. The average molecular weight is 221 g/mol. The van der Waals surface area contributed by atoms with Gasteiger partial charge in [0.1, 0.15) is 5.82 Å². The topological polar surface area (TPSA) is 53.9 Å². The summed E-state index contributed by atoms with van der Waals surface area (Å²) in [4.78, 5) is 15.4. The van der Waals surface area contributed by atoms with Crippen molar-refractivity contribution < 1.29 is 0 Å². The number of piperidine rings is 1. The summed E-state index contributed by atoms with van der Waals surface area (Å²) in [5.41, 5.74) is 0. The van der Waals surface area contributed by atoms with Crippen LogP contribution in [0.1, 0.15) is 32.0 Å². The Balaban J connectivity index is 2.18. The van der Waals surface area contributed by atoms with Crippen molar-refractivity contribution >= 4 is 11.9 Å². The molecule has 1 saturated heterocycles. The van der Waals surface area contributed by atoms with E-state index < -0.39 is 0 Å². The molecule has 1 fully saturated rings. The molecule has 1 aromatic heterocycles. The van der Waals surface area contributed by atoms with Gasteiger partial charge >= 0.3 is 0 Å². The van der Waals surface area contributed by atoms with Gasteiger partial charge < -0.3 is 10.2 Å². The summed E-state index contributed by atoms with van der Waals surface area (Å²) in [6.45, 7) is 6.92. The lowest BCUT2D eigenvalue weighted by Gasteiger charge is -2.26. The quantitative estimate of drug-likeness (QED) is 0.840. The third-order valence-corrected chi connectivity index (χ3v) is 2.71. The van der Waals surface area contributed by atoms with Crippen LogP contribution in [-0.4, -0.2) is 34.6 Å². The van der Waals surface area contributed by atoms with Crippen LogP contribution in [0.4, 0.5) is 11.9 Å². The minimum absolute atomic E-state index is 0.690. The van der Waals surface area contributed by atoms with Crippen LogP contribution in [0.25, 0.3) is 0 Å². The molecule has 0 unspecified atom stereocenters. The average Bonchev–Trinajstić information content (AvgIpc) is 2.30. The lowest BCUT2D eigenvalue weighted by Crippen LogP contribution is -2.31. The van der Waals surface area contributed by atoms with Crippen molar-refractivity contribution in [1.29, 1.82) is 0 Å². The molecule has 2 heterocycles. The Kier molecular flexibility index (Phi) is 3.54. The van der Waals surface area contributed by atoms with E-state index in [1.807, 2.05) is 13.8 Å². The van der Waals surface area contributed by atoms with Gasteiger partial charge in [0.15, 0.2) is 0 Å². The zero-order valence-electron chi connectivity index (χ0n) is 10.0. The number of hydrogen-bond donors (Lipinski definition) is 1. The molecule has 5 nitrogen and oxygen atoms in total. The smallest absolute Gasteiger partial charge is 0.230 e. The molecule has 5 heteroatoms. The van der Waals surface area contributed by atoms with Gasteiger partial charge in [-0.3, -0.25) is 0 Å². The van der Waals surface area contributed by atoms with Crippen molar-refractivity contribution in [3.8, 4) is 0 Å². The maximum Gasteiger partial charge on any atom is 0.230 e. The van der Waals surface area contributed by atoms with Crippen molar-refractivity contribution in [3.05, 3.63) is 5.82 Å². The molecule has 0 bridgehead atoms. The number of anilines is 2. The normalized spacial score (nSPS) is 16.2. The molecular formula is C11H19N5. The molecule has 2 rings (SSSR count). The highest BCUT2D eigenvalue weighted by molar-refractivity contribution is 5.37. The van der Waals surface area contributed by atoms with E-state index in [2.05, 4.69) is 25.2 Å². The van der Waals surface area contributed by atoms with E-state index in [1.165, 1.54) is 19.3 Å². The summed E-state index contributed by atoms with van der Waals surface area (Å²) in [5, 5.41) is 3.14. The molecule has 1 aromatic rings. The third kappa shape index (κ3) is 2.59. The highest BCUT2D eigenvalue weighted by Gasteiger charge is 2.14. The van der Waals surface area contributed by atoms with Crippen LogP contribution >= 0.6 is 0 Å². The number of rotatable bonds is 3. The molecule has 0 radical (unpaired) electrons. The van der Waals surface area contributed by atoms with E-state index in [1.54, 1.807) is 0 Å². The molecule has 1 N–H and O–H groups in total. The number of aromatic nitrogens is 3. The highest BCUT2D eigenvalue weighted by Crippen LogP contribution is 2.16. The maximum atomic E-state index is 4.44. The Morgan fingerprint density at radius 3 is 2.56 bits per heavy atom. The van der Waals surface area contributed by atoms with Crippen molar-refractivity contribution in [1.82, 2.24) is 15.0 Å². The molecule has 0 saturated carbocycles. The van der Waals surface area contributed by atoms with Gasteiger partial charge in [-0.05, 0) is 33.1 Å². The van der Waals surface area contributed by atoms with Crippen LogP contribution in [0.2, 0.25) is 0 Å². The summed E-state index contributed by atoms with van der Waals surface area (Å²) in [5.74, 6) is 2.30. The van der Waals surface area contributed by atoms with E-state index in [9.17, 15) is 0 Å². The van der Waals surface area contributed by atoms with Gasteiger partial charge in [0.2, 0.25) is 11.9 Å². The second-order valence-corrected chi connectivity index (χ2v) is 4.08. The summed E-state index contributed by atoms with van der Waals surface area (Å²) < 4.78 is 0. The number of hydrogen-bond acceptors (Lipinski definition) is 5. The molecular weight excluding hydrogens is 202 g/mol. The monoisotopic (exact) mass is 221 g/mol. The van der Waals surface area contributed by atoms with Crippen LogP contribution in [0, 0.1) is 6.92 Å². The van der Waals surface area contributed by atoms with E-state index in [0.717, 1.165) is 31.4 Å². The summed E-state index contributed by atoms with van der Waals surface area (Å²) >= 11 is 0. The van der Waals surface area contributed by atoms with Crippen LogP contribution < -0.4 is 10.2 Å². The fourth-order valence-corrected chi connectivity index (χ4v) is 1.94. The van der Waals surface area contributed by atoms with Gasteiger partial charge in [-0.1, -0.05) is 0 Å². The van der Waals surface area contributed by atoms with Gasteiger partial charge in [-0.15, -0.1) is 0 Å². The van der Waals surface area contributed by atoms with Crippen LogP contribution in [0.3, 0.4) is 0 Å². The van der Waals surface area contributed by atoms with Crippen molar-refractivity contribution in [2.24, 2.45) is 0 Å². The molecule has 1 aliphatic rings. The Morgan fingerprint density at radius 1 is 1.12 bits per heavy atom. The van der Waals surface area contributed by atoms with Crippen LogP contribution in [0.15, 0.2) is 0 Å². The van der Waals surface area contributed by atoms with Gasteiger partial charge in [-0.2, -0.15) is 15.0 Å². The number of nitrogens with zero attached hydrogens (tertiary/aromatic N) is 4. The highest BCUT2D eigenvalue weighted by atomic mass is 15.3. The van der Waals surface area contributed by atoms with Crippen molar-refractivity contribution in [2.45, 2.75) is 33.1 Å². The lowest BCUT2D eigenvalue weighted by molar-refractivity contribution is 0.566. The largest absolute Gasteiger partial charge is 0.354 e. The zero-order valence-corrected chi connectivity index (χ0v) is 10.0. The zero-order chi connectivity index (χ0) is 11.4. The number of nitrogens with one attached hydrogen (secondary N) is 1. The molecule has 16 heavy (non-hydrogen) atoms. The van der Waals surface area contributed by atoms with E-state index in [-0.39, 0.29) is 0 Å². The number of aryl methyl sites for hydroxylation is 1. The molecule has 0 amide bonds. The Hall–Kier alpha value is -1.39. The summed E-state index contributed by atoms with van der Waals surface area (Å²) in [7, 11) is 0. The van der Waals surface area contributed by atoms with Gasteiger partial charge in [0.25, 0.3) is 0 Å². The Morgan fingerprint density at radius 2 is 1.88 bits per heavy atom. The Labute approximate surface area is 96.3 Å². The molecule has 0 aromatic carbocycles. The third-order valence-electron chi connectivity index (χ3n) is 2.71. The van der Waals surface area contributed by atoms with Crippen molar-refractivity contribution in [3.63, 3.8) is 0 Å². The molecule has 0 aliphatic carbocycles. The van der Waals surface area contributed by atoms with Gasteiger partial charge in [0.05, 0.1) is 0 Å². The van der Waals surface area contributed by atoms with Gasteiger partial charge in [0, 0.05) is 19.6 Å². The maximum absolute atomic E-state index is 4.44. The first kappa shape index (κ1) is 11.1. The molecule has 88 valence electrons. The predicted octanol–water partition coefficient (Wildman–Crippen LogP) is 1.60. The van der Waals surface area contributed by atoms with E-state index in [4.69, 9.17) is 0 Å². The summed E-state index contributed by atoms with van der Waals surface area (Å²) in [6, 6.07) is 0. The Bertz CT molecular complexity index is 346. The van der Waals surface area contributed by atoms with Gasteiger partial charge in [-0.25, -0.2) is 0 Å². The van der Waals surface area contributed by atoms with E-state index in [0.29, 0.717) is 5.95 Å². The fourth-order valence-electron chi connectivity index (χ4n) is 1.94. The summed E-state index contributed by atoms with van der Waals surface area (Å²) in [6.07, 6.45) is 3.79. The SMILES string of the molecule is CCNc1nc(C)nc(N2CCCCC2)n1. The lowest BCUT2D eigenvalue weighted by atomic mass is 10.1. The predicted molar refractivity (Wildman–Crippen MR) is 64.8 cm³/mol. The molecule has 0 spiro atoms. The first-order valence-electron chi connectivity index (χ1n) is 6.01. The molecule has 1 aliphatic heterocycles. The standard InChI is InChI=1S/C11H19N5/c1-3-12-10-13-9(2)14-11(15-10)16-7-5-4-6-8-16/h3-8H2,1-2H3,(H,12,13,14,15). The minimum Gasteiger partial charge on any atom is -0.354 e. The minimum atomic E-state index is 0.690. The van der Waals surface area contributed by atoms with Crippen LogP contribution in [0.5, 0.6) is 0 Å². The van der Waals surface area contributed by atoms with Crippen molar-refractivity contribution in [2.75, 3.05) is 29.9 Å². The fraction of sp³-hybridized carbons (Fsp3) is 0.727. The first-order chi connectivity index (χ1) is 7.79. The van der Waals surface area contributed by atoms with Crippen LogP contribution in [-0.2, 0) is 0 Å². The first-order valence-corrected chi connectivity index (χ1v) is 6.01. The van der Waals surface area contributed by atoms with E-state index >= 15 is 0 Å².